The third-order valence-electron chi connectivity index (χ3n) is 4.96. The highest BCUT2D eigenvalue weighted by Crippen LogP contribution is 2.36. The molecule has 6 nitrogen and oxygen atoms in total. The van der Waals surface area contributed by atoms with Gasteiger partial charge in [-0.3, -0.25) is 9.78 Å². The van der Waals surface area contributed by atoms with Gasteiger partial charge in [-0.05, 0) is 49.8 Å². The quantitative estimate of drug-likeness (QED) is 0.874. The lowest BCUT2D eigenvalue weighted by molar-refractivity contribution is -0.131. The smallest absolute Gasteiger partial charge is 0.227 e. The van der Waals surface area contributed by atoms with Gasteiger partial charge in [-0.1, -0.05) is 6.07 Å². The Kier molecular flexibility index (Phi) is 5.58. The van der Waals surface area contributed by atoms with Gasteiger partial charge in [-0.2, -0.15) is 0 Å². The maximum absolute atomic E-state index is 12.7. The average Bonchev–Trinajstić information content (AvgIpc) is 2.69. The van der Waals surface area contributed by atoms with Crippen molar-refractivity contribution in [2.24, 2.45) is 5.41 Å². The summed E-state index contributed by atoms with van der Waals surface area (Å²) in [6.07, 6.45) is 11.8. The number of nitrogens with one attached hydrogen (secondary N) is 1. The number of aromatic nitrogens is 3. The summed E-state index contributed by atoms with van der Waals surface area (Å²) in [5.74, 6) is 0.835. The van der Waals surface area contributed by atoms with Gasteiger partial charge in [0.15, 0.2) is 0 Å². The number of piperidine rings is 1. The molecule has 25 heavy (non-hydrogen) atoms. The maximum atomic E-state index is 12.7. The highest BCUT2D eigenvalue weighted by Gasteiger charge is 2.41. The number of nitrogens with zero attached hydrogens (tertiary/aromatic N) is 4. The molecular weight excluding hydrogens is 314 g/mol. The maximum Gasteiger partial charge on any atom is 0.227 e. The second-order valence-corrected chi connectivity index (χ2v) is 6.65. The fraction of sp³-hybridized carbons (Fsp3) is 0.474. The summed E-state index contributed by atoms with van der Waals surface area (Å²) in [5, 5.41) is 2.88. The van der Waals surface area contributed by atoms with E-state index in [9.17, 15) is 4.79 Å². The molecule has 3 heterocycles. The average molecular weight is 339 g/mol. The van der Waals surface area contributed by atoms with E-state index in [1.807, 2.05) is 18.3 Å². The molecule has 1 N–H and O–H groups in total. The molecule has 6 heteroatoms. The van der Waals surface area contributed by atoms with Crippen LogP contribution >= 0.6 is 0 Å². The summed E-state index contributed by atoms with van der Waals surface area (Å²) in [6, 6.07) is 5.86. The molecule has 0 saturated carbocycles. The van der Waals surface area contributed by atoms with Crippen LogP contribution in [0.4, 0.5) is 5.95 Å². The van der Waals surface area contributed by atoms with E-state index in [0.717, 1.165) is 38.6 Å². The lowest BCUT2D eigenvalue weighted by Crippen LogP contribution is -2.52. The second-order valence-electron chi connectivity index (χ2n) is 6.65. The molecule has 0 spiro atoms. The summed E-state index contributed by atoms with van der Waals surface area (Å²) in [6.45, 7) is 1.56. The van der Waals surface area contributed by atoms with Crippen LogP contribution in [-0.2, 0) is 11.2 Å². The van der Waals surface area contributed by atoms with E-state index in [1.165, 1.54) is 5.56 Å². The van der Waals surface area contributed by atoms with Crippen molar-refractivity contribution in [3.05, 3.63) is 48.5 Å². The van der Waals surface area contributed by atoms with Crippen LogP contribution in [0.2, 0.25) is 0 Å². The summed E-state index contributed by atoms with van der Waals surface area (Å²) < 4.78 is 0. The van der Waals surface area contributed by atoms with Crippen LogP contribution in [0.15, 0.2) is 43.0 Å². The minimum Gasteiger partial charge on any atom is -0.359 e. The van der Waals surface area contributed by atoms with Crippen molar-refractivity contribution >= 4 is 11.9 Å². The fourth-order valence-corrected chi connectivity index (χ4v) is 3.70. The van der Waals surface area contributed by atoms with Crippen molar-refractivity contribution in [1.82, 2.24) is 20.3 Å². The normalized spacial score (nSPS) is 20.3. The molecular formula is C19H25N5O. The first-order valence-corrected chi connectivity index (χ1v) is 8.87. The predicted octanol–water partition coefficient (Wildman–Crippen LogP) is 2.23. The second kappa shape index (κ2) is 8.05. The van der Waals surface area contributed by atoms with Crippen molar-refractivity contribution in [3.63, 3.8) is 0 Å². The molecule has 0 aromatic carbocycles. The summed E-state index contributed by atoms with van der Waals surface area (Å²) in [4.78, 5) is 27.7. The Bertz CT molecular complexity index is 679. The number of pyridine rings is 1. The molecule has 0 aliphatic carbocycles. The van der Waals surface area contributed by atoms with Gasteiger partial charge in [-0.15, -0.1) is 0 Å². The first-order chi connectivity index (χ1) is 12.2. The van der Waals surface area contributed by atoms with Gasteiger partial charge in [0, 0.05) is 44.9 Å². The van der Waals surface area contributed by atoms with Gasteiger partial charge >= 0.3 is 0 Å². The minimum atomic E-state index is -0.381. The number of anilines is 1. The van der Waals surface area contributed by atoms with Crippen LogP contribution < -0.4 is 10.2 Å². The van der Waals surface area contributed by atoms with Crippen LogP contribution in [0.3, 0.4) is 0 Å². The molecule has 2 aromatic rings. The van der Waals surface area contributed by atoms with Gasteiger partial charge < -0.3 is 10.2 Å². The molecule has 132 valence electrons. The summed E-state index contributed by atoms with van der Waals surface area (Å²) in [5.41, 5.74) is 0.836. The SMILES string of the molecule is CNC(=O)[C@]1(CCCc2cccnc2)CCCN(c2ncccn2)C1. The Hall–Kier alpha value is -2.50. The van der Waals surface area contributed by atoms with E-state index < -0.39 is 0 Å². The van der Waals surface area contributed by atoms with Crippen LogP contribution in [-0.4, -0.2) is 41.0 Å². The zero-order valence-electron chi connectivity index (χ0n) is 14.7. The van der Waals surface area contributed by atoms with Crippen molar-refractivity contribution in [2.75, 3.05) is 25.0 Å². The molecule has 1 aliphatic heterocycles. The number of amides is 1. The van der Waals surface area contributed by atoms with E-state index >= 15 is 0 Å². The van der Waals surface area contributed by atoms with Crippen molar-refractivity contribution in [2.45, 2.75) is 32.1 Å². The van der Waals surface area contributed by atoms with Crippen molar-refractivity contribution in [3.8, 4) is 0 Å². The topological polar surface area (TPSA) is 71.0 Å². The summed E-state index contributed by atoms with van der Waals surface area (Å²) in [7, 11) is 1.73. The lowest BCUT2D eigenvalue weighted by Gasteiger charge is -2.41. The standard InChI is InChI=1S/C19H25N5O/c1-20-17(25)19(8-2-6-16-7-3-10-21-14-16)9-4-13-24(15-19)18-22-11-5-12-23-18/h3,5,7,10-12,14H,2,4,6,8-9,13,15H2,1H3,(H,20,25)/t19-/m1/s1. The Labute approximate surface area is 148 Å². The fourth-order valence-electron chi connectivity index (χ4n) is 3.70. The van der Waals surface area contributed by atoms with E-state index in [0.29, 0.717) is 12.5 Å². The zero-order chi connectivity index (χ0) is 17.5. The van der Waals surface area contributed by atoms with Crippen LogP contribution in [0.1, 0.15) is 31.2 Å². The lowest BCUT2D eigenvalue weighted by atomic mass is 9.75. The Morgan fingerprint density at radius 1 is 1.28 bits per heavy atom. The van der Waals surface area contributed by atoms with Gasteiger partial charge in [0.2, 0.25) is 11.9 Å². The molecule has 3 rings (SSSR count). The first-order valence-electron chi connectivity index (χ1n) is 8.87. The molecule has 0 unspecified atom stereocenters. The largest absolute Gasteiger partial charge is 0.359 e. The molecule has 1 fully saturated rings. The summed E-state index contributed by atoms with van der Waals surface area (Å²) >= 11 is 0. The molecule has 2 aromatic heterocycles. The van der Waals surface area contributed by atoms with E-state index in [4.69, 9.17) is 0 Å². The van der Waals surface area contributed by atoms with E-state index in [-0.39, 0.29) is 11.3 Å². The molecule has 0 bridgehead atoms. The van der Waals surface area contributed by atoms with Crippen molar-refractivity contribution in [1.29, 1.82) is 0 Å². The number of carbonyl (C=O) groups is 1. The van der Waals surface area contributed by atoms with Gasteiger partial charge in [0.25, 0.3) is 0 Å². The Balaban J connectivity index is 1.70. The number of aryl methyl sites for hydroxylation is 1. The number of rotatable bonds is 6. The van der Waals surface area contributed by atoms with Crippen LogP contribution in [0.25, 0.3) is 0 Å². The Morgan fingerprint density at radius 3 is 2.84 bits per heavy atom. The molecule has 1 atom stereocenters. The van der Waals surface area contributed by atoms with Crippen molar-refractivity contribution < 1.29 is 4.79 Å². The van der Waals surface area contributed by atoms with E-state index in [1.54, 1.807) is 25.6 Å². The van der Waals surface area contributed by atoms with Gasteiger partial charge in [-0.25, -0.2) is 9.97 Å². The third kappa shape index (κ3) is 4.13. The van der Waals surface area contributed by atoms with Crippen LogP contribution in [0, 0.1) is 5.41 Å². The third-order valence-corrected chi connectivity index (χ3v) is 4.96. The molecule has 0 radical (unpaired) electrons. The predicted molar refractivity (Wildman–Crippen MR) is 97.2 cm³/mol. The van der Waals surface area contributed by atoms with Gasteiger partial charge in [0.05, 0.1) is 5.41 Å². The first kappa shape index (κ1) is 17.3. The Morgan fingerprint density at radius 2 is 2.12 bits per heavy atom. The zero-order valence-corrected chi connectivity index (χ0v) is 14.7. The number of carbonyl (C=O) groups excluding carboxylic acids is 1. The van der Waals surface area contributed by atoms with Gasteiger partial charge in [0.1, 0.15) is 0 Å². The molecule has 1 saturated heterocycles. The minimum absolute atomic E-state index is 0.124. The highest BCUT2D eigenvalue weighted by molar-refractivity contribution is 5.83. The van der Waals surface area contributed by atoms with E-state index in [2.05, 4.69) is 31.2 Å². The highest BCUT2D eigenvalue weighted by atomic mass is 16.2. The monoisotopic (exact) mass is 339 g/mol. The molecule has 1 amide bonds. The number of hydrogen-bond acceptors (Lipinski definition) is 5. The molecule has 1 aliphatic rings. The number of hydrogen-bond donors (Lipinski definition) is 1. The van der Waals surface area contributed by atoms with Crippen LogP contribution in [0.5, 0.6) is 0 Å².